The molecule has 9 aromatic rings. The highest BCUT2D eigenvalue weighted by Gasteiger charge is 2.24. The van der Waals surface area contributed by atoms with Gasteiger partial charge in [0.05, 0.1) is 16.6 Å². The van der Waals surface area contributed by atoms with Crippen molar-refractivity contribution in [1.29, 1.82) is 0 Å². The molecule has 4 aromatic heterocycles. The van der Waals surface area contributed by atoms with Gasteiger partial charge in [-0.15, -0.1) is 0 Å². The van der Waals surface area contributed by atoms with E-state index < -0.39 is 0 Å². The van der Waals surface area contributed by atoms with Crippen molar-refractivity contribution in [2.75, 3.05) is 0 Å². The number of para-hydroxylation sites is 2. The van der Waals surface area contributed by atoms with E-state index in [1.165, 1.54) is 0 Å². The van der Waals surface area contributed by atoms with E-state index >= 15 is 0 Å². The fourth-order valence-corrected chi connectivity index (χ4v) is 7.49. The van der Waals surface area contributed by atoms with Crippen LogP contribution in [0.25, 0.3) is 76.5 Å². The molecule has 8 heteroatoms. The lowest BCUT2D eigenvalue weighted by atomic mass is 9.89. The first-order valence-corrected chi connectivity index (χ1v) is 15.8. The molecule has 0 saturated carbocycles. The van der Waals surface area contributed by atoms with Crippen molar-refractivity contribution in [1.82, 2.24) is 19.9 Å². The standard InChI is InChI=1S/C40H24N4O4/c45-37-21-5-1-4-8-30(21)42-34-18-28-35(15-25(34)37)43-31-12-10-19(13-24(31)40(28)48)20-9-11-23-32(14-20)44-36-17-26-33(16-27(36)39(23)47)41-29-7-3-2-6-22(29)38(26)46/h1-14,16-17H,15,18H2,(H,41,46)(H,42,45)(H,43,48)(H,44,47). The van der Waals surface area contributed by atoms with Crippen LogP contribution in [0.15, 0.2) is 116 Å². The van der Waals surface area contributed by atoms with Crippen molar-refractivity contribution in [2.24, 2.45) is 0 Å². The van der Waals surface area contributed by atoms with E-state index in [2.05, 4.69) is 19.9 Å². The van der Waals surface area contributed by atoms with Crippen LogP contribution >= 0.6 is 0 Å². The summed E-state index contributed by atoms with van der Waals surface area (Å²) in [5.74, 6) is 0. The van der Waals surface area contributed by atoms with E-state index in [9.17, 15) is 19.2 Å². The van der Waals surface area contributed by atoms with Crippen LogP contribution in [0.2, 0.25) is 0 Å². The number of aromatic amines is 4. The summed E-state index contributed by atoms with van der Waals surface area (Å²) in [4.78, 5) is 67.8. The quantitative estimate of drug-likeness (QED) is 0.155. The van der Waals surface area contributed by atoms with Crippen molar-refractivity contribution < 1.29 is 0 Å². The second kappa shape index (κ2) is 9.49. The van der Waals surface area contributed by atoms with Gasteiger partial charge in [0.2, 0.25) is 0 Å². The van der Waals surface area contributed by atoms with Crippen LogP contribution in [0.3, 0.4) is 0 Å². The van der Waals surface area contributed by atoms with E-state index in [-0.39, 0.29) is 21.7 Å². The molecule has 0 aliphatic heterocycles. The fourth-order valence-electron chi connectivity index (χ4n) is 7.49. The fraction of sp³-hybridized carbons (Fsp3) is 0.0500. The maximum Gasteiger partial charge on any atom is 0.197 e. The van der Waals surface area contributed by atoms with Gasteiger partial charge in [0.1, 0.15) is 0 Å². The Morgan fingerprint density at radius 2 is 0.792 bits per heavy atom. The highest BCUT2D eigenvalue weighted by atomic mass is 16.1. The summed E-state index contributed by atoms with van der Waals surface area (Å²) in [5.41, 5.74) is 8.27. The average molecular weight is 625 g/mol. The maximum absolute atomic E-state index is 13.9. The molecule has 0 bridgehead atoms. The van der Waals surface area contributed by atoms with Crippen molar-refractivity contribution in [3.05, 3.63) is 160 Å². The lowest BCUT2D eigenvalue weighted by molar-refractivity contribution is 0.905. The lowest BCUT2D eigenvalue weighted by Gasteiger charge is -2.20. The molecule has 0 unspecified atom stereocenters. The molecular formula is C40H24N4O4. The molecule has 0 fully saturated rings. The normalized spacial score (nSPS) is 12.8. The molecule has 10 rings (SSSR count). The molecule has 0 radical (unpaired) electrons. The first-order chi connectivity index (χ1) is 23.4. The summed E-state index contributed by atoms with van der Waals surface area (Å²) in [6, 6.07) is 29.6. The monoisotopic (exact) mass is 624 g/mol. The van der Waals surface area contributed by atoms with Gasteiger partial charge in [-0.2, -0.15) is 0 Å². The summed E-state index contributed by atoms with van der Waals surface area (Å²) in [6.45, 7) is 0. The Morgan fingerprint density at radius 3 is 1.46 bits per heavy atom. The van der Waals surface area contributed by atoms with Gasteiger partial charge in [0.15, 0.2) is 21.7 Å². The van der Waals surface area contributed by atoms with Crippen LogP contribution in [-0.2, 0) is 12.8 Å². The largest absolute Gasteiger partial charge is 0.358 e. The predicted octanol–water partition coefficient (Wildman–Crippen LogP) is 6.52. The van der Waals surface area contributed by atoms with E-state index in [0.717, 1.165) is 33.5 Å². The van der Waals surface area contributed by atoms with Crippen LogP contribution in [-0.4, -0.2) is 19.9 Å². The van der Waals surface area contributed by atoms with Crippen molar-refractivity contribution in [2.45, 2.75) is 12.8 Å². The van der Waals surface area contributed by atoms with Crippen molar-refractivity contribution in [3.8, 4) is 11.1 Å². The second-order valence-corrected chi connectivity index (χ2v) is 12.6. The zero-order valence-corrected chi connectivity index (χ0v) is 25.3. The Morgan fingerprint density at radius 1 is 0.354 bits per heavy atom. The highest BCUT2D eigenvalue weighted by molar-refractivity contribution is 6.03. The topological polar surface area (TPSA) is 131 Å². The van der Waals surface area contributed by atoms with Crippen molar-refractivity contribution in [3.63, 3.8) is 0 Å². The first kappa shape index (κ1) is 26.7. The summed E-state index contributed by atoms with van der Waals surface area (Å²) in [7, 11) is 0. The molecule has 0 spiro atoms. The lowest BCUT2D eigenvalue weighted by Crippen LogP contribution is -2.25. The zero-order valence-electron chi connectivity index (χ0n) is 25.3. The Hall–Kier alpha value is -6.54. The van der Waals surface area contributed by atoms with Gasteiger partial charge in [0.25, 0.3) is 0 Å². The highest BCUT2D eigenvalue weighted by Crippen LogP contribution is 2.29. The molecule has 0 amide bonds. The predicted molar refractivity (Wildman–Crippen MR) is 191 cm³/mol. The molecule has 8 nitrogen and oxygen atoms in total. The van der Waals surface area contributed by atoms with Gasteiger partial charge in [0, 0.05) is 84.2 Å². The summed E-state index contributed by atoms with van der Waals surface area (Å²) < 4.78 is 0. The molecule has 5 aromatic carbocycles. The van der Waals surface area contributed by atoms with E-state index in [4.69, 9.17) is 0 Å². The Bertz CT molecular complexity index is 3160. The van der Waals surface area contributed by atoms with Crippen molar-refractivity contribution >= 4 is 65.4 Å². The maximum atomic E-state index is 13.9. The van der Waals surface area contributed by atoms with Crippen LogP contribution in [0.1, 0.15) is 22.5 Å². The number of nitrogens with one attached hydrogen (secondary N) is 4. The molecule has 1 aliphatic rings. The van der Waals surface area contributed by atoms with Gasteiger partial charge in [-0.25, -0.2) is 0 Å². The SMILES string of the molecule is O=c1c2c([nH]c3ccccc13)Cc1c([nH]c3ccc(-c4ccc5c(=O)c6cc7[nH]c8ccccc8c(=O)c7cc6[nH]c5c4)cc3c1=O)C2. The van der Waals surface area contributed by atoms with E-state index in [0.29, 0.717) is 78.4 Å². The summed E-state index contributed by atoms with van der Waals surface area (Å²) in [5, 5.41) is 3.32. The number of fused-ring (bicyclic) bond motifs is 8. The van der Waals surface area contributed by atoms with Gasteiger partial charge in [-0.05, 0) is 71.8 Å². The minimum Gasteiger partial charge on any atom is -0.358 e. The Labute approximate surface area is 269 Å². The van der Waals surface area contributed by atoms with E-state index in [1.54, 1.807) is 24.3 Å². The third kappa shape index (κ3) is 3.71. The number of rotatable bonds is 1. The molecule has 0 saturated heterocycles. The number of benzene rings is 5. The molecule has 4 heterocycles. The van der Waals surface area contributed by atoms with Gasteiger partial charge < -0.3 is 19.9 Å². The Balaban J connectivity index is 1.10. The molecule has 4 N–H and O–H groups in total. The zero-order chi connectivity index (χ0) is 32.3. The number of aromatic nitrogens is 4. The molecule has 48 heavy (non-hydrogen) atoms. The first-order valence-electron chi connectivity index (χ1n) is 15.8. The van der Waals surface area contributed by atoms with Crippen LogP contribution in [0.4, 0.5) is 0 Å². The third-order valence-electron chi connectivity index (χ3n) is 9.95. The van der Waals surface area contributed by atoms with Gasteiger partial charge in [-0.1, -0.05) is 36.4 Å². The molecule has 1 aliphatic carbocycles. The number of hydrogen-bond acceptors (Lipinski definition) is 4. The Kier molecular flexibility index (Phi) is 5.27. The molecular weight excluding hydrogens is 600 g/mol. The average Bonchev–Trinajstić information content (AvgIpc) is 3.11. The van der Waals surface area contributed by atoms with Crippen LogP contribution in [0, 0.1) is 0 Å². The minimum absolute atomic E-state index is 0.00287. The third-order valence-corrected chi connectivity index (χ3v) is 9.95. The number of H-pyrrole nitrogens is 4. The van der Waals surface area contributed by atoms with Crippen LogP contribution < -0.4 is 21.7 Å². The minimum atomic E-state index is -0.131. The summed E-state index contributed by atoms with van der Waals surface area (Å²) in [6.07, 6.45) is 0.707. The van der Waals surface area contributed by atoms with Gasteiger partial charge in [-0.3, -0.25) is 19.2 Å². The molecule has 0 atom stereocenters. The second-order valence-electron chi connectivity index (χ2n) is 12.6. The summed E-state index contributed by atoms with van der Waals surface area (Å²) >= 11 is 0. The number of pyridine rings is 4. The van der Waals surface area contributed by atoms with Gasteiger partial charge >= 0.3 is 0 Å². The molecule has 228 valence electrons. The number of hydrogen-bond donors (Lipinski definition) is 4. The van der Waals surface area contributed by atoms with Crippen LogP contribution in [0.5, 0.6) is 0 Å². The van der Waals surface area contributed by atoms with E-state index in [1.807, 2.05) is 72.8 Å². The smallest absolute Gasteiger partial charge is 0.197 e.